The molecule has 0 unspecified atom stereocenters. The third-order valence-corrected chi connectivity index (χ3v) is 4.92. The van der Waals surface area contributed by atoms with Gasteiger partial charge in [-0.15, -0.1) is 0 Å². The minimum absolute atomic E-state index is 0.266. The molecule has 1 saturated carbocycles. The minimum atomic E-state index is -0.370. The highest BCUT2D eigenvalue weighted by atomic mass is 79.9. The van der Waals surface area contributed by atoms with E-state index < -0.39 is 0 Å². The van der Waals surface area contributed by atoms with Gasteiger partial charge in [-0.1, -0.05) is 56.1 Å². The second kappa shape index (κ2) is 9.05. The second-order valence-corrected chi connectivity index (χ2v) is 7.86. The van der Waals surface area contributed by atoms with Crippen molar-refractivity contribution in [3.63, 3.8) is 0 Å². The zero-order valence-corrected chi connectivity index (χ0v) is 17.3. The molecule has 0 bridgehead atoms. The van der Waals surface area contributed by atoms with Gasteiger partial charge in [0.1, 0.15) is 0 Å². The fraction of sp³-hybridized carbons (Fsp3) is 0.158. The molecule has 2 atom stereocenters. The van der Waals surface area contributed by atoms with Crippen LogP contribution in [-0.4, -0.2) is 24.2 Å². The van der Waals surface area contributed by atoms with Crippen LogP contribution >= 0.6 is 31.9 Å². The molecule has 3 rings (SSSR count). The number of nitrogens with one attached hydrogen (secondary N) is 2. The quantitative estimate of drug-likeness (QED) is 0.479. The fourth-order valence-corrected chi connectivity index (χ4v) is 3.29. The first kappa shape index (κ1) is 19.4. The van der Waals surface area contributed by atoms with Crippen molar-refractivity contribution in [2.75, 3.05) is 0 Å². The molecule has 8 heteroatoms. The number of hydrogen-bond acceptors (Lipinski definition) is 4. The van der Waals surface area contributed by atoms with E-state index in [9.17, 15) is 9.59 Å². The van der Waals surface area contributed by atoms with Crippen LogP contribution < -0.4 is 10.9 Å². The van der Waals surface area contributed by atoms with E-state index in [1.807, 2.05) is 48.5 Å². The second-order valence-electron chi connectivity index (χ2n) is 6.03. The number of hydrazone groups is 2. The number of benzene rings is 2. The van der Waals surface area contributed by atoms with Crippen LogP contribution in [0.5, 0.6) is 0 Å². The van der Waals surface area contributed by atoms with Crippen LogP contribution in [0, 0.1) is 11.8 Å². The summed E-state index contributed by atoms with van der Waals surface area (Å²) in [5.74, 6) is -1.27. The molecular weight excluding hydrogens is 476 g/mol. The standard InChI is InChI=1S/C19H16Br2N4O2/c20-14-5-1-3-12(7-14)10-22-24-18(26)16-9-17(16)19(27)25-23-11-13-4-2-6-15(21)8-13/h1-8,10-11,16-17H,9H2,(H,24,26)(H,25,27)/b22-10-,23-11-/t16-,17+. The van der Waals surface area contributed by atoms with E-state index in [0.717, 1.165) is 20.1 Å². The van der Waals surface area contributed by atoms with Gasteiger partial charge in [0.15, 0.2) is 0 Å². The zero-order chi connectivity index (χ0) is 19.2. The van der Waals surface area contributed by atoms with Gasteiger partial charge >= 0.3 is 0 Å². The van der Waals surface area contributed by atoms with Gasteiger partial charge in [-0.05, 0) is 41.8 Å². The van der Waals surface area contributed by atoms with Gasteiger partial charge in [0.05, 0.1) is 24.3 Å². The molecule has 1 fully saturated rings. The molecule has 0 heterocycles. The Labute approximate surface area is 173 Å². The lowest BCUT2D eigenvalue weighted by molar-refractivity contribution is -0.127. The Bertz CT molecular complexity index is 841. The highest BCUT2D eigenvalue weighted by Crippen LogP contribution is 2.38. The number of rotatable bonds is 6. The smallest absolute Gasteiger partial charge is 0.244 e. The van der Waals surface area contributed by atoms with Crippen molar-refractivity contribution in [2.45, 2.75) is 6.42 Å². The number of carbonyl (C=O) groups is 2. The summed E-state index contributed by atoms with van der Waals surface area (Å²) in [6, 6.07) is 15.1. The van der Waals surface area contributed by atoms with Crippen LogP contribution in [0.3, 0.4) is 0 Å². The summed E-state index contributed by atoms with van der Waals surface area (Å²) < 4.78 is 1.86. The van der Waals surface area contributed by atoms with Crippen LogP contribution in [-0.2, 0) is 9.59 Å². The summed E-state index contributed by atoms with van der Waals surface area (Å²) in [6.45, 7) is 0. The maximum absolute atomic E-state index is 12.1. The van der Waals surface area contributed by atoms with Gasteiger partial charge in [0.25, 0.3) is 0 Å². The third-order valence-electron chi connectivity index (χ3n) is 3.94. The number of nitrogens with zero attached hydrogens (tertiary/aromatic N) is 2. The van der Waals surface area contributed by atoms with Crippen molar-refractivity contribution in [1.29, 1.82) is 0 Å². The molecule has 2 N–H and O–H groups in total. The average Bonchev–Trinajstić information content (AvgIpc) is 3.43. The van der Waals surface area contributed by atoms with Crippen LogP contribution in [0.1, 0.15) is 17.5 Å². The first-order valence-corrected chi connectivity index (χ1v) is 9.78. The highest BCUT2D eigenvalue weighted by Gasteiger charge is 2.48. The van der Waals surface area contributed by atoms with Crippen LogP contribution in [0.25, 0.3) is 0 Å². The summed E-state index contributed by atoms with van der Waals surface area (Å²) >= 11 is 6.74. The topological polar surface area (TPSA) is 82.9 Å². The summed E-state index contributed by atoms with van der Waals surface area (Å²) in [6.07, 6.45) is 3.61. The predicted molar refractivity (Wildman–Crippen MR) is 111 cm³/mol. The average molecular weight is 492 g/mol. The molecule has 27 heavy (non-hydrogen) atoms. The lowest BCUT2D eigenvalue weighted by atomic mass is 10.2. The van der Waals surface area contributed by atoms with Gasteiger partial charge in [0, 0.05) is 8.95 Å². The Morgan fingerprint density at radius 3 is 1.70 bits per heavy atom. The van der Waals surface area contributed by atoms with Gasteiger partial charge in [-0.2, -0.15) is 10.2 Å². The largest absolute Gasteiger partial charge is 0.273 e. The van der Waals surface area contributed by atoms with Gasteiger partial charge in [0.2, 0.25) is 11.8 Å². The molecule has 138 valence electrons. The normalized spacial score (nSPS) is 18.6. The Morgan fingerprint density at radius 1 is 0.852 bits per heavy atom. The van der Waals surface area contributed by atoms with E-state index in [4.69, 9.17) is 0 Å². The molecule has 0 aromatic heterocycles. The van der Waals surface area contributed by atoms with Crippen molar-refractivity contribution >= 4 is 56.1 Å². The SMILES string of the molecule is O=C(N/N=C\c1cccc(Br)c1)[C@H]1C[C@H]1C(=O)N/N=C\c1cccc(Br)c1. The molecular formula is C19H16Br2N4O2. The Hall–Kier alpha value is -2.32. The van der Waals surface area contributed by atoms with Crippen molar-refractivity contribution in [2.24, 2.45) is 22.0 Å². The number of carbonyl (C=O) groups excluding carboxylic acids is 2. The molecule has 6 nitrogen and oxygen atoms in total. The highest BCUT2D eigenvalue weighted by molar-refractivity contribution is 9.10. The lowest BCUT2D eigenvalue weighted by Gasteiger charge is -2.00. The van der Waals surface area contributed by atoms with Crippen molar-refractivity contribution in [3.8, 4) is 0 Å². The first-order chi connectivity index (χ1) is 13.0. The number of hydrogen-bond donors (Lipinski definition) is 2. The van der Waals surface area contributed by atoms with Gasteiger partial charge in [-0.3, -0.25) is 9.59 Å². The molecule has 2 amide bonds. The molecule has 0 spiro atoms. The molecule has 0 aliphatic heterocycles. The summed E-state index contributed by atoms with van der Waals surface area (Å²) in [5, 5.41) is 7.87. The Morgan fingerprint density at radius 2 is 1.30 bits per heavy atom. The molecule has 2 aromatic carbocycles. The van der Waals surface area contributed by atoms with Crippen LogP contribution in [0.4, 0.5) is 0 Å². The maximum atomic E-state index is 12.1. The first-order valence-electron chi connectivity index (χ1n) is 8.20. The van der Waals surface area contributed by atoms with E-state index in [2.05, 4.69) is 52.9 Å². The predicted octanol–water partition coefficient (Wildman–Crippen LogP) is 3.45. The van der Waals surface area contributed by atoms with Crippen LogP contribution in [0.2, 0.25) is 0 Å². The van der Waals surface area contributed by atoms with Crippen molar-refractivity contribution in [3.05, 3.63) is 68.6 Å². The third kappa shape index (κ3) is 5.83. The zero-order valence-electron chi connectivity index (χ0n) is 14.1. The maximum Gasteiger partial charge on any atom is 0.244 e. The molecule has 1 aliphatic carbocycles. The van der Waals surface area contributed by atoms with Crippen molar-refractivity contribution in [1.82, 2.24) is 10.9 Å². The summed E-state index contributed by atoms with van der Waals surface area (Å²) in [7, 11) is 0. The summed E-state index contributed by atoms with van der Waals surface area (Å²) in [4.78, 5) is 24.1. The van der Waals surface area contributed by atoms with Gasteiger partial charge in [-0.25, -0.2) is 10.9 Å². The van der Waals surface area contributed by atoms with Gasteiger partial charge < -0.3 is 0 Å². The Kier molecular flexibility index (Phi) is 6.52. The summed E-state index contributed by atoms with van der Waals surface area (Å²) in [5.41, 5.74) is 6.67. The number of amides is 2. The van der Waals surface area contributed by atoms with Crippen molar-refractivity contribution < 1.29 is 9.59 Å². The van der Waals surface area contributed by atoms with E-state index in [1.54, 1.807) is 12.4 Å². The molecule has 0 radical (unpaired) electrons. The van der Waals surface area contributed by atoms with E-state index >= 15 is 0 Å². The van der Waals surface area contributed by atoms with E-state index in [0.29, 0.717) is 6.42 Å². The molecule has 2 aromatic rings. The molecule has 0 saturated heterocycles. The Balaban J connectivity index is 1.44. The number of halogens is 2. The lowest BCUT2D eigenvalue weighted by Crippen LogP contribution is -2.25. The van der Waals surface area contributed by atoms with Crippen LogP contribution in [0.15, 0.2) is 67.7 Å². The van der Waals surface area contributed by atoms with E-state index in [1.165, 1.54) is 0 Å². The fourth-order valence-electron chi connectivity index (χ4n) is 2.46. The monoisotopic (exact) mass is 490 g/mol. The molecule has 1 aliphatic rings. The van der Waals surface area contributed by atoms with E-state index in [-0.39, 0.29) is 23.7 Å². The minimum Gasteiger partial charge on any atom is -0.273 e.